The van der Waals surface area contributed by atoms with Crippen molar-refractivity contribution in [2.24, 2.45) is 5.73 Å². The number of carbonyl (C=O) groups is 13. The molecule has 7 aromatic rings. The van der Waals surface area contributed by atoms with Gasteiger partial charge >= 0.3 is 11.9 Å². The van der Waals surface area contributed by atoms with Gasteiger partial charge in [-0.15, -0.1) is 0 Å². The van der Waals surface area contributed by atoms with Gasteiger partial charge in [-0.2, -0.15) is 0 Å². The average Bonchev–Trinajstić information content (AvgIpc) is 0.992. The molecule has 12 atom stereocenters. The van der Waals surface area contributed by atoms with Gasteiger partial charge < -0.3 is 99.1 Å². The number of rotatable bonds is 41. The lowest BCUT2D eigenvalue weighted by Crippen LogP contribution is -2.67. The molecule has 11 amide bonds. The Morgan fingerprint density at radius 2 is 1.16 bits per heavy atom. The predicted octanol–water partition coefficient (Wildman–Crippen LogP) is -0.730. The zero-order valence-electron chi connectivity index (χ0n) is 62.9. The molecular weight excluding hydrogens is 1470 g/mol. The highest BCUT2D eigenvalue weighted by Crippen LogP contribution is 2.30. The third-order valence-corrected chi connectivity index (χ3v) is 18.7. The molecule has 4 aromatic carbocycles. The molecule has 0 radical (unpaired) electrons. The lowest BCUT2D eigenvalue weighted by molar-refractivity contribution is -0.145. The summed E-state index contributed by atoms with van der Waals surface area (Å²) in [5.74, 6) is -16.5. The van der Waals surface area contributed by atoms with Crippen molar-refractivity contribution < 1.29 is 97.4 Å². The zero-order valence-corrected chi connectivity index (χ0v) is 62.9. The van der Waals surface area contributed by atoms with E-state index in [1.54, 1.807) is 48.7 Å². The van der Waals surface area contributed by atoms with Crippen molar-refractivity contribution in [1.82, 2.24) is 77.7 Å². The molecule has 35 nitrogen and oxygen atoms in total. The SMILES string of the molecule is CCc1cc(O)ccc1-c1ccc(C[C@H](NC(=O)[C@H](CC(=O)O)NC(=O)[C@H](Cc2cnc[nH]2)NC(=O)[C@@H](NC(=O)[C@@](C)(Cc2ccccc2F)NC(=O)[C@@H](NC(=O)CNC(=O)[C@H](CCC(=O)O)NC(=O)C(C)N(C)C(=O)[C@@H](O)Cc2cnc[nH]2)[C@@H](C)O)[C@@H](C)O)C(=O)N[C@@H](Cc2cnccc2-c2ccccc2C)C(N)=O)cc1. The van der Waals surface area contributed by atoms with E-state index in [1.807, 2.05) is 38.1 Å². The molecule has 0 fully saturated rings. The van der Waals surface area contributed by atoms with Crippen LogP contribution in [0.4, 0.5) is 4.39 Å². The lowest BCUT2D eigenvalue weighted by Gasteiger charge is -2.34. The molecular formula is C77H93FN16O19. The van der Waals surface area contributed by atoms with Gasteiger partial charge in [0.1, 0.15) is 71.5 Å². The number of aromatic nitrogens is 5. The molecule has 0 spiro atoms. The average molecular weight is 1570 g/mol. The number of carbonyl (C=O) groups excluding carboxylic acids is 11. The number of aromatic amines is 2. The molecule has 3 aromatic heterocycles. The largest absolute Gasteiger partial charge is 0.508 e. The van der Waals surface area contributed by atoms with Crippen molar-refractivity contribution in [2.75, 3.05) is 13.6 Å². The fourth-order valence-corrected chi connectivity index (χ4v) is 12.2. The third kappa shape index (κ3) is 25.1. The maximum Gasteiger partial charge on any atom is 0.305 e. The number of aliphatic hydroxyl groups is 3. The number of aliphatic hydroxyl groups excluding tert-OH is 3. The van der Waals surface area contributed by atoms with Gasteiger partial charge in [-0.3, -0.25) is 67.3 Å². The van der Waals surface area contributed by atoms with Crippen LogP contribution in [-0.4, -0.2) is 223 Å². The molecule has 113 heavy (non-hydrogen) atoms. The predicted molar refractivity (Wildman–Crippen MR) is 402 cm³/mol. The zero-order chi connectivity index (χ0) is 83.0. The molecule has 7 rings (SSSR count). The second-order valence-corrected chi connectivity index (χ2v) is 27.4. The molecule has 3 heterocycles. The highest BCUT2D eigenvalue weighted by molar-refractivity contribution is 6.01. The van der Waals surface area contributed by atoms with E-state index in [1.165, 1.54) is 69.5 Å². The van der Waals surface area contributed by atoms with Gasteiger partial charge in [0.15, 0.2) is 0 Å². The minimum atomic E-state index is -2.43. The summed E-state index contributed by atoms with van der Waals surface area (Å²) < 4.78 is 15.6. The summed E-state index contributed by atoms with van der Waals surface area (Å²) in [6, 6.07) is 11.6. The Labute approximate surface area is 647 Å². The van der Waals surface area contributed by atoms with Gasteiger partial charge in [-0.05, 0) is 122 Å². The van der Waals surface area contributed by atoms with E-state index >= 15 is 4.39 Å². The third-order valence-electron chi connectivity index (χ3n) is 18.7. The second-order valence-electron chi connectivity index (χ2n) is 27.4. The number of imidazole rings is 2. The number of hydrogen-bond donors (Lipinski definition) is 18. The number of aryl methyl sites for hydroxylation is 2. The first-order valence-electron chi connectivity index (χ1n) is 35.9. The summed E-state index contributed by atoms with van der Waals surface area (Å²) in [5.41, 5.74) is 9.51. The van der Waals surface area contributed by atoms with Crippen LogP contribution in [0.1, 0.15) is 93.1 Å². The summed E-state index contributed by atoms with van der Waals surface area (Å²) in [6.45, 7) is 7.20. The molecule has 0 bridgehead atoms. The Morgan fingerprint density at radius 3 is 1.76 bits per heavy atom. The lowest BCUT2D eigenvalue weighted by atomic mass is 9.90. The fourth-order valence-electron chi connectivity index (χ4n) is 12.2. The van der Waals surface area contributed by atoms with Crippen LogP contribution in [0.2, 0.25) is 0 Å². The van der Waals surface area contributed by atoms with Crippen LogP contribution in [0.15, 0.2) is 135 Å². The molecule has 19 N–H and O–H groups in total. The van der Waals surface area contributed by atoms with Crippen molar-refractivity contribution in [3.05, 3.63) is 180 Å². The van der Waals surface area contributed by atoms with Gasteiger partial charge in [0, 0.05) is 81.7 Å². The maximum absolute atomic E-state index is 15.6. The Morgan fingerprint density at radius 1 is 0.575 bits per heavy atom. The number of phenolic OH excluding ortho intramolecular Hbond substituents is 1. The first kappa shape index (κ1) is 87.4. The van der Waals surface area contributed by atoms with Crippen molar-refractivity contribution in [1.29, 1.82) is 0 Å². The van der Waals surface area contributed by atoms with Crippen molar-refractivity contribution in [2.45, 2.75) is 172 Å². The van der Waals surface area contributed by atoms with Gasteiger partial charge in [-0.25, -0.2) is 14.4 Å². The molecule has 0 aliphatic carbocycles. The van der Waals surface area contributed by atoms with E-state index < -0.39 is 194 Å². The van der Waals surface area contributed by atoms with Crippen LogP contribution >= 0.6 is 0 Å². The summed E-state index contributed by atoms with van der Waals surface area (Å²) >= 11 is 0. The Kier molecular flexibility index (Phi) is 31.5. The Bertz CT molecular complexity index is 4550. The molecule has 0 aliphatic heterocycles. The number of carboxylic acid groups (broad SMARTS) is 2. The Balaban J connectivity index is 1.10. The molecule has 0 saturated carbocycles. The minimum Gasteiger partial charge on any atom is -0.508 e. The normalized spacial score (nSPS) is 14.6. The van der Waals surface area contributed by atoms with Crippen molar-refractivity contribution in [3.63, 3.8) is 0 Å². The van der Waals surface area contributed by atoms with E-state index in [0.29, 0.717) is 28.8 Å². The van der Waals surface area contributed by atoms with E-state index in [-0.39, 0.29) is 36.3 Å². The number of aromatic hydroxyl groups is 1. The number of nitrogens with one attached hydrogen (secondary N) is 11. The topological polar surface area (TPSA) is 551 Å². The van der Waals surface area contributed by atoms with Gasteiger partial charge in [0.2, 0.25) is 59.1 Å². The fraction of sp³-hybridized carbons (Fsp3) is 0.377. The molecule has 0 saturated heterocycles. The number of likely N-dealkylation sites (N-methyl/N-ethyl adjacent to an activating group) is 1. The number of hydrogen-bond acceptors (Lipinski definition) is 20. The maximum atomic E-state index is 15.6. The van der Waals surface area contributed by atoms with Gasteiger partial charge in [-0.1, -0.05) is 79.7 Å². The number of aliphatic carboxylic acids is 2. The van der Waals surface area contributed by atoms with E-state index in [0.717, 1.165) is 59.6 Å². The monoisotopic (exact) mass is 1560 g/mol. The number of nitrogens with two attached hydrogens (primary N) is 1. The summed E-state index contributed by atoms with van der Waals surface area (Å²) in [7, 11) is 1.20. The number of phenols is 1. The van der Waals surface area contributed by atoms with Crippen molar-refractivity contribution >= 4 is 76.9 Å². The molecule has 1 unspecified atom stereocenters. The van der Waals surface area contributed by atoms with E-state index in [4.69, 9.17) is 5.73 Å². The number of nitrogens with zero attached hydrogens (tertiary/aromatic N) is 4. The number of primary amides is 1. The quantitative estimate of drug-likeness (QED) is 0.0225. The van der Waals surface area contributed by atoms with Gasteiger partial charge in [0.25, 0.3) is 5.91 Å². The molecule has 0 aliphatic rings. The van der Waals surface area contributed by atoms with Crippen molar-refractivity contribution in [3.8, 4) is 28.0 Å². The highest BCUT2D eigenvalue weighted by Gasteiger charge is 2.43. The molecule has 36 heteroatoms. The number of benzene rings is 4. The van der Waals surface area contributed by atoms with Crippen LogP contribution in [-0.2, 0) is 101 Å². The van der Waals surface area contributed by atoms with Crippen LogP contribution in [0, 0.1) is 12.7 Å². The highest BCUT2D eigenvalue weighted by atomic mass is 19.1. The number of amides is 11. The summed E-state index contributed by atoms with van der Waals surface area (Å²) in [5, 5.41) is 84.1. The number of pyridine rings is 1. The standard InChI is InChI=1S/C77H93FN16O19/c1-8-45-28-51(97)21-22-53(45)46-19-17-44(18-20-46)27-58(70(107)87-57(67(79)104)29-48-34-80-26-25-54(48)52-15-11-9-13-40(52)2)88-72(109)60(32-64(102)103)89-71(108)59(30-49-35-81-38-84-49)90-73(110)65(42(4)95)92-76(113)77(6,33-47-14-10-12-16-55(47)78)93-74(111)66(43(5)96)91-62(99)37-83-69(106)56(23-24-63(100)101)86-68(105)41(3)94(7)75(112)61(98)31-50-36-82-39-85-50/h9-22,25-26,28,34-36,38-39,41-43,56-61,65-66,95-98H,8,23-24,27,29-33,37H2,1-7H3,(H2,79,104)(H,81,84)(H,82,85)(H,83,106)(H,86,105)(H,87,107)(H,88,109)(H,89,108)(H,90,110)(H,91,99)(H,92,113)(H,93,111)(H,100,101)(H,102,103)/t41?,42-,43-,56+,57+,58+,59+,60+,61+,65+,66+,77-/m1/s1. The van der Waals surface area contributed by atoms with E-state index in [2.05, 4.69) is 72.8 Å². The van der Waals surface area contributed by atoms with Crippen LogP contribution < -0.4 is 53.6 Å². The van der Waals surface area contributed by atoms with Crippen LogP contribution in [0.5, 0.6) is 5.75 Å². The number of halogens is 1. The molecule has 602 valence electrons. The van der Waals surface area contributed by atoms with Crippen LogP contribution in [0.25, 0.3) is 22.3 Å². The number of H-pyrrole nitrogens is 2. The first-order valence-corrected chi connectivity index (χ1v) is 35.9. The summed E-state index contributed by atoms with van der Waals surface area (Å²) in [4.78, 5) is 198. The smallest absolute Gasteiger partial charge is 0.305 e. The van der Waals surface area contributed by atoms with Crippen LogP contribution in [0.3, 0.4) is 0 Å². The van der Waals surface area contributed by atoms with E-state index in [9.17, 15) is 93.0 Å². The van der Waals surface area contributed by atoms with Gasteiger partial charge in [0.05, 0.1) is 37.8 Å². The summed E-state index contributed by atoms with van der Waals surface area (Å²) in [6.07, 6.45) is -0.904. The minimum absolute atomic E-state index is 0.0575. The Hall–Kier alpha value is -12.8. The number of carboxylic acids is 2. The first-order chi connectivity index (χ1) is 53.6. The second kappa shape index (κ2) is 40.7.